The number of hydrogen-bond acceptors (Lipinski definition) is 4. The van der Waals surface area contributed by atoms with Gasteiger partial charge in [0.25, 0.3) is 0 Å². The van der Waals surface area contributed by atoms with Crippen LogP contribution in [0.2, 0.25) is 0 Å². The van der Waals surface area contributed by atoms with Crippen LogP contribution in [0.5, 0.6) is 0 Å². The molecule has 0 N–H and O–H groups in total. The van der Waals surface area contributed by atoms with Crippen LogP contribution in [0.25, 0.3) is 11.0 Å². The van der Waals surface area contributed by atoms with E-state index in [-0.39, 0.29) is 5.91 Å². The fourth-order valence-electron chi connectivity index (χ4n) is 2.89. The Kier molecular flexibility index (Phi) is 4.34. The second-order valence-electron chi connectivity index (χ2n) is 5.89. The van der Waals surface area contributed by atoms with Crippen molar-refractivity contribution in [1.82, 2.24) is 9.80 Å². The van der Waals surface area contributed by atoms with Crippen molar-refractivity contribution in [2.75, 3.05) is 51.2 Å². The quantitative estimate of drug-likeness (QED) is 0.866. The van der Waals surface area contributed by atoms with Gasteiger partial charge < -0.3 is 14.2 Å². The zero-order chi connectivity index (χ0) is 15.5. The Morgan fingerprint density at radius 3 is 2.73 bits per heavy atom. The van der Waals surface area contributed by atoms with E-state index in [0.717, 1.165) is 50.2 Å². The first-order valence-corrected chi connectivity index (χ1v) is 7.80. The molecule has 0 saturated carbocycles. The maximum atomic E-state index is 11.2. The van der Waals surface area contributed by atoms with Crippen LogP contribution in [0.3, 0.4) is 0 Å². The molecule has 2 aromatic rings. The van der Waals surface area contributed by atoms with Gasteiger partial charge in [0.1, 0.15) is 0 Å². The summed E-state index contributed by atoms with van der Waals surface area (Å²) in [4.78, 5) is 17.8. The summed E-state index contributed by atoms with van der Waals surface area (Å²) in [5, 5.41) is 1.16. The standard InChI is InChI=1S/C17H23N3O2/c1-14(21)18(2)7-8-19-9-11-20(12-10-19)16-5-3-4-15-6-13-22-17(15)16/h3-6,13H,7-12H2,1-2H3. The molecule has 0 radical (unpaired) electrons. The van der Waals surface area contributed by atoms with Gasteiger partial charge in [0.2, 0.25) is 5.91 Å². The number of anilines is 1. The highest BCUT2D eigenvalue weighted by molar-refractivity contribution is 5.89. The van der Waals surface area contributed by atoms with Crippen LogP contribution in [-0.2, 0) is 4.79 Å². The van der Waals surface area contributed by atoms with Crippen molar-refractivity contribution in [3.63, 3.8) is 0 Å². The molecule has 0 unspecified atom stereocenters. The van der Waals surface area contributed by atoms with Crippen molar-refractivity contribution < 1.29 is 9.21 Å². The number of furan rings is 1. The molecule has 22 heavy (non-hydrogen) atoms. The number of carbonyl (C=O) groups excluding carboxylic acids is 1. The fourth-order valence-corrected chi connectivity index (χ4v) is 2.89. The number of piperazine rings is 1. The van der Waals surface area contributed by atoms with Gasteiger partial charge in [-0.25, -0.2) is 0 Å². The SMILES string of the molecule is CC(=O)N(C)CCN1CCN(c2cccc3ccoc23)CC1. The Hall–Kier alpha value is -2.01. The summed E-state index contributed by atoms with van der Waals surface area (Å²) < 4.78 is 5.63. The van der Waals surface area contributed by atoms with Gasteiger partial charge in [0.05, 0.1) is 12.0 Å². The molecule has 5 heteroatoms. The van der Waals surface area contributed by atoms with E-state index in [1.807, 2.05) is 13.1 Å². The average Bonchev–Trinajstić information content (AvgIpc) is 3.01. The molecule has 1 aromatic heterocycles. The number of amides is 1. The number of carbonyl (C=O) groups is 1. The summed E-state index contributed by atoms with van der Waals surface area (Å²) in [5.41, 5.74) is 2.16. The number of para-hydroxylation sites is 1. The molecule has 1 fully saturated rings. The number of likely N-dealkylation sites (N-methyl/N-ethyl adjacent to an activating group) is 1. The first-order chi connectivity index (χ1) is 10.6. The average molecular weight is 301 g/mol. The van der Waals surface area contributed by atoms with E-state index < -0.39 is 0 Å². The molecule has 0 aliphatic carbocycles. The molecule has 1 aliphatic rings. The van der Waals surface area contributed by atoms with E-state index >= 15 is 0 Å². The smallest absolute Gasteiger partial charge is 0.219 e. The van der Waals surface area contributed by atoms with Crippen LogP contribution in [0.4, 0.5) is 5.69 Å². The van der Waals surface area contributed by atoms with Crippen LogP contribution in [0.15, 0.2) is 34.9 Å². The third-order valence-corrected chi connectivity index (χ3v) is 4.46. The first kappa shape index (κ1) is 14.9. The fraction of sp³-hybridized carbons (Fsp3) is 0.471. The molecular formula is C17H23N3O2. The summed E-state index contributed by atoms with van der Waals surface area (Å²) in [6.45, 7) is 7.36. The van der Waals surface area contributed by atoms with Crippen molar-refractivity contribution in [1.29, 1.82) is 0 Å². The van der Waals surface area contributed by atoms with Crippen molar-refractivity contribution in [2.45, 2.75) is 6.92 Å². The van der Waals surface area contributed by atoms with Crippen LogP contribution < -0.4 is 4.90 Å². The molecule has 2 heterocycles. The lowest BCUT2D eigenvalue weighted by molar-refractivity contribution is -0.127. The van der Waals surface area contributed by atoms with E-state index in [4.69, 9.17) is 4.42 Å². The molecule has 0 spiro atoms. The van der Waals surface area contributed by atoms with Crippen molar-refractivity contribution >= 4 is 22.6 Å². The van der Waals surface area contributed by atoms with Gasteiger partial charge in [-0.15, -0.1) is 0 Å². The molecule has 3 rings (SSSR count). The Balaban J connectivity index is 1.58. The highest BCUT2D eigenvalue weighted by atomic mass is 16.3. The topological polar surface area (TPSA) is 39.9 Å². The lowest BCUT2D eigenvalue weighted by Crippen LogP contribution is -2.48. The van der Waals surface area contributed by atoms with Gasteiger partial charge >= 0.3 is 0 Å². The van der Waals surface area contributed by atoms with Gasteiger partial charge in [-0.3, -0.25) is 9.69 Å². The zero-order valence-corrected chi connectivity index (χ0v) is 13.3. The van der Waals surface area contributed by atoms with Gasteiger partial charge in [-0.05, 0) is 12.1 Å². The number of fused-ring (bicyclic) bond motifs is 1. The molecule has 1 saturated heterocycles. The second kappa shape index (κ2) is 6.40. The largest absolute Gasteiger partial charge is 0.462 e. The molecule has 5 nitrogen and oxygen atoms in total. The Bertz CT molecular complexity index is 644. The van der Waals surface area contributed by atoms with E-state index in [2.05, 4.69) is 28.0 Å². The summed E-state index contributed by atoms with van der Waals surface area (Å²) in [6.07, 6.45) is 1.75. The minimum Gasteiger partial charge on any atom is -0.462 e. The van der Waals surface area contributed by atoms with Crippen molar-refractivity contribution in [3.05, 3.63) is 30.5 Å². The Morgan fingerprint density at radius 2 is 2.00 bits per heavy atom. The maximum Gasteiger partial charge on any atom is 0.219 e. The summed E-state index contributed by atoms with van der Waals surface area (Å²) in [5.74, 6) is 0.128. The molecule has 1 amide bonds. The number of rotatable bonds is 4. The highest BCUT2D eigenvalue weighted by Crippen LogP contribution is 2.28. The van der Waals surface area contributed by atoms with Crippen molar-refractivity contribution in [3.8, 4) is 0 Å². The molecule has 118 valence electrons. The number of hydrogen-bond donors (Lipinski definition) is 0. The highest BCUT2D eigenvalue weighted by Gasteiger charge is 2.19. The summed E-state index contributed by atoms with van der Waals surface area (Å²) >= 11 is 0. The van der Waals surface area contributed by atoms with Crippen LogP contribution >= 0.6 is 0 Å². The minimum absolute atomic E-state index is 0.128. The van der Waals surface area contributed by atoms with E-state index in [1.54, 1.807) is 18.1 Å². The predicted octanol–water partition coefficient (Wildman–Crippen LogP) is 2.03. The van der Waals surface area contributed by atoms with Crippen molar-refractivity contribution in [2.24, 2.45) is 0 Å². The van der Waals surface area contributed by atoms with Crippen LogP contribution in [0.1, 0.15) is 6.92 Å². The zero-order valence-electron chi connectivity index (χ0n) is 13.3. The van der Waals surface area contributed by atoms with Crippen LogP contribution in [0, 0.1) is 0 Å². The minimum atomic E-state index is 0.128. The van der Waals surface area contributed by atoms with Gasteiger partial charge in [0.15, 0.2) is 5.58 Å². The molecule has 0 atom stereocenters. The van der Waals surface area contributed by atoms with Gasteiger partial charge in [-0.1, -0.05) is 12.1 Å². The molecule has 1 aromatic carbocycles. The molecule has 1 aliphatic heterocycles. The lowest BCUT2D eigenvalue weighted by atomic mass is 10.2. The summed E-state index contributed by atoms with van der Waals surface area (Å²) in [6, 6.07) is 8.30. The second-order valence-corrected chi connectivity index (χ2v) is 5.89. The Morgan fingerprint density at radius 1 is 1.23 bits per heavy atom. The van der Waals surface area contributed by atoms with Crippen LogP contribution in [-0.4, -0.2) is 62.0 Å². The molecular weight excluding hydrogens is 278 g/mol. The number of nitrogens with zero attached hydrogens (tertiary/aromatic N) is 3. The third kappa shape index (κ3) is 3.09. The maximum absolute atomic E-state index is 11.2. The monoisotopic (exact) mass is 301 g/mol. The van der Waals surface area contributed by atoms with E-state index in [1.165, 1.54) is 5.69 Å². The first-order valence-electron chi connectivity index (χ1n) is 7.80. The van der Waals surface area contributed by atoms with E-state index in [9.17, 15) is 4.79 Å². The van der Waals surface area contributed by atoms with Gasteiger partial charge in [0, 0.05) is 58.6 Å². The predicted molar refractivity (Wildman–Crippen MR) is 88.2 cm³/mol. The lowest BCUT2D eigenvalue weighted by Gasteiger charge is -2.36. The summed E-state index contributed by atoms with van der Waals surface area (Å²) in [7, 11) is 1.86. The molecule has 0 bridgehead atoms. The number of benzene rings is 1. The van der Waals surface area contributed by atoms with Gasteiger partial charge in [-0.2, -0.15) is 0 Å². The Labute approximate surface area is 131 Å². The van der Waals surface area contributed by atoms with E-state index in [0.29, 0.717) is 0 Å². The third-order valence-electron chi connectivity index (χ3n) is 4.46. The normalized spacial score (nSPS) is 16.2.